The van der Waals surface area contributed by atoms with E-state index in [0.29, 0.717) is 12.0 Å². The van der Waals surface area contributed by atoms with Gasteiger partial charge in [0.1, 0.15) is 0 Å². The van der Waals surface area contributed by atoms with E-state index >= 15 is 0 Å². The summed E-state index contributed by atoms with van der Waals surface area (Å²) in [5, 5.41) is 0. The number of hydrazine groups is 1. The van der Waals surface area contributed by atoms with Gasteiger partial charge in [0.25, 0.3) is 0 Å². The van der Waals surface area contributed by atoms with Crippen molar-refractivity contribution < 1.29 is 4.74 Å². The van der Waals surface area contributed by atoms with Crippen LogP contribution in [0.25, 0.3) is 0 Å². The molecule has 19 heavy (non-hydrogen) atoms. The van der Waals surface area contributed by atoms with E-state index < -0.39 is 0 Å². The standard InChI is InChI=1S/C16H26N2O/c1-3-6-12(2)15(18-17)11-16-14-8-5-4-7-13(14)9-10-19-16/h4-5,7-8,12,15-16,18H,3,6,9-11,17H2,1-2H3. The largest absolute Gasteiger partial charge is 0.373 e. The Hall–Kier alpha value is -0.900. The summed E-state index contributed by atoms with van der Waals surface area (Å²) in [6.07, 6.45) is 4.56. The fraction of sp³-hybridized carbons (Fsp3) is 0.625. The molecule has 1 aliphatic heterocycles. The van der Waals surface area contributed by atoms with Crippen LogP contribution < -0.4 is 11.3 Å². The lowest BCUT2D eigenvalue weighted by atomic mass is 9.88. The topological polar surface area (TPSA) is 47.3 Å². The van der Waals surface area contributed by atoms with Crippen molar-refractivity contribution in [1.82, 2.24) is 5.43 Å². The summed E-state index contributed by atoms with van der Waals surface area (Å²) in [4.78, 5) is 0. The first-order valence-corrected chi connectivity index (χ1v) is 7.41. The Kier molecular flexibility index (Phi) is 5.37. The minimum atomic E-state index is 0.185. The first-order chi connectivity index (χ1) is 9.26. The van der Waals surface area contributed by atoms with Crippen molar-refractivity contribution in [2.45, 2.75) is 51.7 Å². The second-order valence-electron chi connectivity index (χ2n) is 5.58. The second-order valence-corrected chi connectivity index (χ2v) is 5.58. The van der Waals surface area contributed by atoms with Crippen molar-refractivity contribution in [3.63, 3.8) is 0 Å². The highest BCUT2D eigenvalue weighted by Crippen LogP contribution is 2.32. The van der Waals surface area contributed by atoms with Crippen LogP contribution in [-0.2, 0) is 11.2 Å². The molecular weight excluding hydrogens is 236 g/mol. The van der Waals surface area contributed by atoms with E-state index in [4.69, 9.17) is 10.6 Å². The zero-order chi connectivity index (χ0) is 13.7. The quantitative estimate of drug-likeness (QED) is 0.612. The molecule has 0 spiro atoms. The van der Waals surface area contributed by atoms with Gasteiger partial charge >= 0.3 is 0 Å². The Bertz CT molecular complexity index is 394. The molecular formula is C16H26N2O. The van der Waals surface area contributed by atoms with E-state index in [9.17, 15) is 0 Å². The highest BCUT2D eigenvalue weighted by atomic mass is 16.5. The number of nitrogens with one attached hydrogen (secondary N) is 1. The summed E-state index contributed by atoms with van der Waals surface area (Å²) in [6.45, 7) is 5.31. The molecule has 0 fully saturated rings. The van der Waals surface area contributed by atoms with Gasteiger partial charge in [-0.1, -0.05) is 44.5 Å². The number of benzene rings is 1. The van der Waals surface area contributed by atoms with E-state index in [-0.39, 0.29) is 6.10 Å². The molecule has 0 bridgehead atoms. The molecule has 2 rings (SSSR count). The third-order valence-electron chi connectivity index (χ3n) is 4.21. The predicted octanol–water partition coefficient (Wildman–Crippen LogP) is 2.96. The zero-order valence-electron chi connectivity index (χ0n) is 12.1. The molecule has 1 aliphatic rings. The molecule has 3 N–H and O–H groups in total. The van der Waals surface area contributed by atoms with Crippen molar-refractivity contribution in [2.24, 2.45) is 11.8 Å². The van der Waals surface area contributed by atoms with Gasteiger partial charge in [0, 0.05) is 6.04 Å². The van der Waals surface area contributed by atoms with Crippen molar-refractivity contribution in [3.05, 3.63) is 35.4 Å². The smallest absolute Gasteiger partial charge is 0.0843 e. The maximum Gasteiger partial charge on any atom is 0.0843 e. The Labute approximate surface area is 116 Å². The molecule has 3 nitrogen and oxygen atoms in total. The molecule has 0 saturated heterocycles. The fourth-order valence-corrected chi connectivity index (χ4v) is 3.02. The summed E-state index contributed by atoms with van der Waals surface area (Å²) >= 11 is 0. The van der Waals surface area contributed by atoms with Gasteiger partial charge in [-0.25, -0.2) is 0 Å². The highest BCUT2D eigenvalue weighted by Gasteiger charge is 2.25. The second kappa shape index (κ2) is 7.04. The van der Waals surface area contributed by atoms with Crippen LogP contribution in [0.3, 0.4) is 0 Å². The molecule has 1 aromatic carbocycles. The number of fused-ring (bicyclic) bond motifs is 1. The Balaban J connectivity index is 2.06. The van der Waals surface area contributed by atoms with Crippen molar-refractivity contribution in [1.29, 1.82) is 0 Å². The summed E-state index contributed by atoms with van der Waals surface area (Å²) in [5.74, 6) is 6.31. The summed E-state index contributed by atoms with van der Waals surface area (Å²) in [6, 6.07) is 8.93. The van der Waals surface area contributed by atoms with Crippen LogP contribution >= 0.6 is 0 Å². The van der Waals surface area contributed by atoms with E-state index in [1.165, 1.54) is 24.0 Å². The van der Waals surface area contributed by atoms with Gasteiger partial charge in [-0.05, 0) is 36.3 Å². The number of hydrogen-bond acceptors (Lipinski definition) is 3. The van der Waals surface area contributed by atoms with E-state index in [2.05, 4.69) is 43.5 Å². The number of ether oxygens (including phenoxy) is 1. The van der Waals surface area contributed by atoms with Crippen LogP contribution in [0.2, 0.25) is 0 Å². The molecule has 0 amide bonds. The van der Waals surface area contributed by atoms with E-state index in [0.717, 1.165) is 19.4 Å². The SMILES string of the molecule is CCCC(C)C(CC1OCCc2ccccc21)NN. The Morgan fingerprint density at radius 1 is 1.42 bits per heavy atom. The van der Waals surface area contributed by atoms with Crippen molar-refractivity contribution in [2.75, 3.05) is 6.61 Å². The molecule has 0 radical (unpaired) electrons. The van der Waals surface area contributed by atoms with Crippen molar-refractivity contribution >= 4 is 0 Å². The van der Waals surface area contributed by atoms with Crippen LogP contribution in [0.15, 0.2) is 24.3 Å². The molecule has 0 aliphatic carbocycles. The van der Waals surface area contributed by atoms with Crippen LogP contribution in [0.5, 0.6) is 0 Å². The molecule has 1 aromatic rings. The maximum atomic E-state index is 5.97. The van der Waals surface area contributed by atoms with E-state index in [1.807, 2.05) is 0 Å². The van der Waals surface area contributed by atoms with Crippen LogP contribution in [-0.4, -0.2) is 12.6 Å². The molecule has 1 heterocycles. The molecule has 0 saturated carbocycles. The van der Waals surface area contributed by atoms with Gasteiger partial charge in [-0.2, -0.15) is 0 Å². The molecule has 3 unspecified atom stereocenters. The first kappa shape index (κ1) is 14.5. The molecule has 106 valence electrons. The predicted molar refractivity (Wildman–Crippen MR) is 78.6 cm³/mol. The van der Waals surface area contributed by atoms with Gasteiger partial charge in [0.2, 0.25) is 0 Å². The van der Waals surface area contributed by atoms with Gasteiger partial charge in [-0.3, -0.25) is 11.3 Å². The first-order valence-electron chi connectivity index (χ1n) is 7.41. The van der Waals surface area contributed by atoms with Crippen LogP contribution in [0.1, 0.15) is 50.3 Å². The van der Waals surface area contributed by atoms with Gasteiger partial charge in [-0.15, -0.1) is 0 Å². The molecule has 3 atom stereocenters. The number of rotatable bonds is 6. The summed E-state index contributed by atoms with van der Waals surface area (Å²) in [5.41, 5.74) is 5.76. The summed E-state index contributed by atoms with van der Waals surface area (Å²) < 4.78 is 5.97. The fourth-order valence-electron chi connectivity index (χ4n) is 3.02. The minimum Gasteiger partial charge on any atom is -0.373 e. The van der Waals surface area contributed by atoms with Crippen molar-refractivity contribution in [3.8, 4) is 0 Å². The lowest BCUT2D eigenvalue weighted by molar-refractivity contribution is 0.0247. The van der Waals surface area contributed by atoms with Gasteiger partial charge in [0.15, 0.2) is 0 Å². The van der Waals surface area contributed by atoms with Gasteiger partial charge in [0.05, 0.1) is 12.7 Å². The normalized spacial score (nSPS) is 21.7. The lowest BCUT2D eigenvalue weighted by Crippen LogP contribution is -2.41. The average Bonchev–Trinajstić information content (AvgIpc) is 2.45. The van der Waals surface area contributed by atoms with Crippen LogP contribution in [0.4, 0.5) is 0 Å². The zero-order valence-corrected chi connectivity index (χ0v) is 12.1. The molecule has 0 aromatic heterocycles. The minimum absolute atomic E-state index is 0.185. The third-order valence-corrected chi connectivity index (χ3v) is 4.21. The Morgan fingerprint density at radius 2 is 2.21 bits per heavy atom. The van der Waals surface area contributed by atoms with Crippen LogP contribution in [0, 0.1) is 5.92 Å². The maximum absolute atomic E-state index is 5.97. The lowest BCUT2D eigenvalue weighted by Gasteiger charge is -2.31. The molecule has 3 heteroatoms. The third kappa shape index (κ3) is 3.56. The highest BCUT2D eigenvalue weighted by molar-refractivity contribution is 5.31. The summed E-state index contributed by atoms with van der Waals surface area (Å²) in [7, 11) is 0. The van der Waals surface area contributed by atoms with Gasteiger partial charge < -0.3 is 4.74 Å². The Morgan fingerprint density at radius 3 is 2.95 bits per heavy atom. The monoisotopic (exact) mass is 262 g/mol. The number of hydrogen-bond donors (Lipinski definition) is 2. The number of nitrogens with two attached hydrogens (primary N) is 1. The average molecular weight is 262 g/mol. The van der Waals surface area contributed by atoms with E-state index in [1.54, 1.807) is 0 Å².